The van der Waals surface area contributed by atoms with E-state index in [1.807, 2.05) is 4.90 Å². The Kier molecular flexibility index (Phi) is 5.77. The quantitative estimate of drug-likeness (QED) is 0.738. The van der Waals surface area contributed by atoms with Gasteiger partial charge in [0.15, 0.2) is 0 Å². The van der Waals surface area contributed by atoms with Gasteiger partial charge in [-0.3, -0.25) is 4.79 Å². The molecule has 4 nitrogen and oxygen atoms in total. The van der Waals surface area contributed by atoms with Crippen molar-refractivity contribution in [2.45, 2.75) is 45.3 Å². The molecule has 0 aromatic heterocycles. The number of nitrogens with zero attached hydrogens (tertiary/aromatic N) is 1. The molecule has 1 saturated heterocycles. The first kappa shape index (κ1) is 13.5. The standard InChI is InChI=1S/C12H24N2O2/c1-4-6-14(7-5-2)12(15)11-8-10(16-3)9-13-11/h10-11,13H,4-9H2,1-3H3. The Hall–Kier alpha value is -0.610. The zero-order chi connectivity index (χ0) is 12.0. The van der Waals surface area contributed by atoms with Crippen molar-refractivity contribution >= 4 is 5.91 Å². The van der Waals surface area contributed by atoms with E-state index in [2.05, 4.69) is 19.2 Å². The number of nitrogens with one attached hydrogen (secondary N) is 1. The van der Waals surface area contributed by atoms with E-state index in [9.17, 15) is 4.79 Å². The van der Waals surface area contributed by atoms with Crippen molar-refractivity contribution in [3.05, 3.63) is 0 Å². The first-order chi connectivity index (χ1) is 7.72. The third-order valence-corrected chi connectivity index (χ3v) is 3.02. The van der Waals surface area contributed by atoms with Crippen LogP contribution < -0.4 is 5.32 Å². The highest BCUT2D eigenvalue weighted by Gasteiger charge is 2.31. The minimum atomic E-state index is -0.0388. The van der Waals surface area contributed by atoms with Gasteiger partial charge in [-0.25, -0.2) is 0 Å². The molecule has 0 aromatic carbocycles. The van der Waals surface area contributed by atoms with Gasteiger partial charge in [0.05, 0.1) is 12.1 Å². The Morgan fingerprint density at radius 1 is 1.38 bits per heavy atom. The van der Waals surface area contributed by atoms with Crippen LogP contribution in [0.1, 0.15) is 33.1 Å². The minimum absolute atomic E-state index is 0.0388. The van der Waals surface area contributed by atoms with Crippen molar-refractivity contribution in [1.82, 2.24) is 10.2 Å². The monoisotopic (exact) mass is 228 g/mol. The van der Waals surface area contributed by atoms with E-state index in [1.54, 1.807) is 7.11 Å². The number of hydrogen-bond acceptors (Lipinski definition) is 3. The van der Waals surface area contributed by atoms with E-state index in [0.29, 0.717) is 0 Å². The van der Waals surface area contributed by atoms with Crippen molar-refractivity contribution in [2.24, 2.45) is 0 Å². The third-order valence-electron chi connectivity index (χ3n) is 3.02. The van der Waals surface area contributed by atoms with Crippen LogP contribution in [0.15, 0.2) is 0 Å². The Bertz CT molecular complexity index is 215. The minimum Gasteiger partial charge on any atom is -0.380 e. The number of methoxy groups -OCH3 is 1. The van der Waals surface area contributed by atoms with Crippen molar-refractivity contribution < 1.29 is 9.53 Å². The Morgan fingerprint density at radius 2 is 2.00 bits per heavy atom. The second-order valence-corrected chi connectivity index (χ2v) is 4.38. The summed E-state index contributed by atoms with van der Waals surface area (Å²) < 4.78 is 5.26. The highest BCUT2D eigenvalue weighted by molar-refractivity contribution is 5.82. The Morgan fingerprint density at radius 3 is 2.44 bits per heavy atom. The predicted molar refractivity (Wildman–Crippen MR) is 64.4 cm³/mol. The number of amides is 1. The average Bonchev–Trinajstić information content (AvgIpc) is 2.76. The lowest BCUT2D eigenvalue weighted by atomic mass is 10.1. The molecule has 0 saturated carbocycles. The summed E-state index contributed by atoms with van der Waals surface area (Å²) in [4.78, 5) is 14.2. The van der Waals surface area contributed by atoms with Gasteiger partial charge in [0.2, 0.25) is 5.91 Å². The molecule has 0 bridgehead atoms. The molecule has 0 aliphatic carbocycles. The van der Waals surface area contributed by atoms with Crippen LogP contribution in [0.3, 0.4) is 0 Å². The van der Waals surface area contributed by atoms with Crippen LogP contribution in [0.5, 0.6) is 0 Å². The summed E-state index contributed by atoms with van der Waals surface area (Å²) in [5, 5.41) is 3.24. The molecule has 1 fully saturated rings. The normalized spacial score (nSPS) is 24.7. The smallest absolute Gasteiger partial charge is 0.239 e. The summed E-state index contributed by atoms with van der Waals surface area (Å²) in [5.74, 6) is 0.239. The zero-order valence-corrected chi connectivity index (χ0v) is 10.7. The van der Waals surface area contributed by atoms with Crippen molar-refractivity contribution in [3.8, 4) is 0 Å². The number of rotatable bonds is 6. The molecule has 1 N–H and O–H groups in total. The van der Waals surface area contributed by atoms with Crippen LogP contribution in [0.4, 0.5) is 0 Å². The molecule has 1 aliphatic rings. The van der Waals surface area contributed by atoms with Gasteiger partial charge in [-0.2, -0.15) is 0 Å². The topological polar surface area (TPSA) is 41.6 Å². The number of hydrogen-bond donors (Lipinski definition) is 1. The van der Waals surface area contributed by atoms with Crippen LogP contribution in [-0.4, -0.2) is 49.7 Å². The van der Waals surface area contributed by atoms with E-state index in [0.717, 1.165) is 38.9 Å². The van der Waals surface area contributed by atoms with Gasteiger partial charge in [0, 0.05) is 26.7 Å². The summed E-state index contributed by atoms with van der Waals surface area (Å²) >= 11 is 0. The second kappa shape index (κ2) is 6.86. The Balaban J connectivity index is 2.47. The molecule has 0 aromatic rings. The third kappa shape index (κ3) is 3.46. The molecular weight excluding hydrogens is 204 g/mol. The number of carbonyl (C=O) groups is 1. The fourth-order valence-corrected chi connectivity index (χ4v) is 2.16. The second-order valence-electron chi connectivity index (χ2n) is 4.38. The van der Waals surface area contributed by atoms with Gasteiger partial charge in [-0.15, -0.1) is 0 Å². The van der Waals surface area contributed by atoms with Crippen LogP contribution in [0, 0.1) is 0 Å². The lowest BCUT2D eigenvalue weighted by Gasteiger charge is -2.24. The summed E-state index contributed by atoms with van der Waals surface area (Å²) in [6, 6.07) is -0.0388. The van der Waals surface area contributed by atoms with Gasteiger partial charge >= 0.3 is 0 Å². The molecule has 94 valence electrons. The van der Waals surface area contributed by atoms with E-state index < -0.39 is 0 Å². The summed E-state index contributed by atoms with van der Waals surface area (Å²) in [6.07, 6.45) is 3.04. The van der Waals surface area contributed by atoms with Crippen LogP contribution in [-0.2, 0) is 9.53 Å². The molecule has 2 atom stereocenters. The Labute approximate surface area is 98.3 Å². The van der Waals surface area contributed by atoms with Gasteiger partial charge < -0.3 is 15.0 Å². The van der Waals surface area contributed by atoms with E-state index in [4.69, 9.17) is 4.74 Å². The molecule has 2 unspecified atom stereocenters. The molecule has 1 amide bonds. The largest absolute Gasteiger partial charge is 0.380 e. The zero-order valence-electron chi connectivity index (χ0n) is 10.7. The van der Waals surface area contributed by atoms with Crippen molar-refractivity contribution in [1.29, 1.82) is 0 Å². The van der Waals surface area contributed by atoms with Gasteiger partial charge in [-0.05, 0) is 19.3 Å². The molecule has 0 spiro atoms. The van der Waals surface area contributed by atoms with Gasteiger partial charge in [0.1, 0.15) is 0 Å². The first-order valence-corrected chi connectivity index (χ1v) is 6.27. The lowest BCUT2D eigenvalue weighted by Crippen LogP contribution is -2.44. The van der Waals surface area contributed by atoms with E-state index in [-0.39, 0.29) is 18.1 Å². The van der Waals surface area contributed by atoms with Crippen LogP contribution in [0.25, 0.3) is 0 Å². The molecular formula is C12H24N2O2. The number of ether oxygens (including phenoxy) is 1. The number of carbonyl (C=O) groups excluding carboxylic acids is 1. The summed E-state index contributed by atoms with van der Waals surface area (Å²) in [6.45, 7) is 6.73. The predicted octanol–water partition coefficient (Wildman–Crippen LogP) is 1.01. The molecule has 1 aliphatic heterocycles. The van der Waals surface area contributed by atoms with Gasteiger partial charge in [-0.1, -0.05) is 13.8 Å². The maximum Gasteiger partial charge on any atom is 0.239 e. The SMILES string of the molecule is CCCN(CCC)C(=O)C1CC(OC)CN1. The fourth-order valence-electron chi connectivity index (χ4n) is 2.16. The van der Waals surface area contributed by atoms with Crippen molar-refractivity contribution in [2.75, 3.05) is 26.7 Å². The molecule has 16 heavy (non-hydrogen) atoms. The molecule has 1 heterocycles. The lowest BCUT2D eigenvalue weighted by molar-refractivity contribution is -0.133. The van der Waals surface area contributed by atoms with E-state index >= 15 is 0 Å². The summed E-state index contributed by atoms with van der Waals surface area (Å²) in [5.41, 5.74) is 0. The fraction of sp³-hybridized carbons (Fsp3) is 0.917. The molecule has 0 radical (unpaired) electrons. The first-order valence-electron chi connectivity index (χ1n) is 6.27. The maximum absolute atomic E-state index is 12.2. The highest BCUT2D eigenvalue weighted by Crippen LogP contribution is 2.12. The maximum atomic E-state index is 12.2. The summed E-state index contributed by atoms with van der Waals surface area (Å²) in [7, 11) is 1.70. The highest BCUT2D eigenvalue weighted by atomic mass is 16.5. The van der Waals surface area contributed by atoms with Crippen LogP contribution >= 0.6 is 0 Å². The van der Waals surface area contributed by atoms with Crippen LogP contribution in [0.2, 0.25) is 0 Å². The molecule has 4 heteroatoms. The van der Waals surface area contributed by atoms with Gasteiger partial charge in [0.25, 0.3) is 0 Å². The molecule has 1 rings (SSSR count). The average molecular weight is 228 g/mol. The van der Waals surface area contributed by atoms with E-state index in [1.165, 1.54) is 0 Å². The van der Waals surface area contributed by atoms with Crippen molar-refractivity contribution in [3.63, 3.8) is 0 Å².